The van der Waals surface area contributed by atoms with Gasteiger partial charge in [-0.25, -0.2) is 9.36 Å². The fourth-order valence-corrected chi connectivity index (χ4v) is 2.25. The summed E-state index contributed by atoms with van der Waals surface area (Å²) in [5.41, 5.74) is 2.18. The first kappa shape index (κ1) is 23.9. The van der Waals surface area contributed by atoms with Gasteiger partial charge in [0.15, 0.2) is 5.78 Å². The molecule has 0 radical (unpaired) electrons. The van der Waals surface area contributed by atoms with E-state index < -0.39 is 5.41 Å². The normalized spacial score (nSPS) is 12.3. The van der Waals surface area contributed by atoms with Crippen LogP contribution < -0.4 is 0 Å². The molecule has 0 saturated carbocycles. The Morgan fingerprint density at radius 2 is 1.33 bits per heavy atom. The van der Waals surface area contributed by atoms with E-state index in [9.17, 15) is 4.79 Å². The van der Waals surface area contributed by atoms with Crippen LogP contribution in [0.15, 0.2) is 24.5 Å². The summed E-state index contributed by atoms with van der Waals surface area (Å²) in [6.07, 6.45) is 3.60. The first-order chi connectivity index (χ1) is 13.9. The van der Waals surface area contributed by atoms with Crippen LogP contribution in [-0.4, -0.2) is 49.0 Å². The topological polar surface area (TPSA) is 97.0 Å². The molecule has 2 rings (SSSR count). The molecule has 0 aliphatic heterocycles. The van der Waals surface area contributed by atoms with Crippen LogP contribution in [0.3, 0.4) is 0 Å². The predicted octanol–water partition coefficient (Wildman–Crippen LogP) is 2.82. The number of carbonyl (C=O) groups is 1. The molecule has 9 nitrogen and oxygen atoms in total. The van der Waals surface area contributed by atoms with Crippen LogP contribution in [0.4, 0.5) is 0 Å². The van der Waals surface area contributed by atoms with E-state index in [0.29, 0.717) is 38.7 Å². The molecule has 0 saturated heterocycles. The maximum absolute atomic E-state index is 12.0. The van der Waals surface area contributed by atoms with Crippen LogP contribution in [0.1, 0.15) is 52.9 Å². The Morgan fingerprint density at radius 3 is 1.77 bits per heavy atom. The minimum atomic E-state index is -0.397. The first-order valence-electron chi connectivity index (χ1n) is 10.1. The number of ether oxygens (including phenoxy) is 2. The largest absolute Gasteiger partial charge is 0.373 e. The van der Waals surface area contributed by atoms with Crippen molar-refractivity contribution in [1.29, 1.82) is 0 Å². The number of allylic oxidation sites excluding steroid dienone is 1. The van der Waals surface area contributed by atoms with Gasteiger partial charge in [0.05, 0.1) is 45.4 Å². The average molecular weight is 419 g/mol. The van der Waals surface area contributed by atoms with Gasteiger partial charge in [-0.05, 0) is 5.41 Å². The molecule has 0 spiro atoms. The van der Waals surface area contributed by atoms with Crippen molar-refractivity contribution in [2.45, 2.75) is 67.8 Å². The van der Waals surface area contributed by atoms with E-state index in [1.807, 2.05) is 27.0 Å². The van der Waals surface area contributed by atoms with Gasteiger partial charge in [-0.1, -0.05) is 64.1 Å². The monoisotopic (exact) mass is 418 g/mol. The van der Waals surface area contributed by atoms with E-state index >= 15 is 0 Å². The Kier molecular flexibility index (Phi) is 8.03. The SMILES string of the molecule is C=C(Cn1cc(COCCOCc2cn(CC(=O)C(C)(C)C)nn2)nn1)C(C)(C)C. The summed E-state index contributed by atoms with van der Waals surface area (Å²) >= 11 is 0. The Hall–Kier alpha value is -2.39. The summed E-state index contributed by atoms with van der Waals surface area (Å²) in [5, 5.41) is 16.2. The zero-order chi connectivity index (χ0) is 22.4. The zero-order valence-electron chi connectivity index (χ0n) is 19.0. The Morgan fingerprint density at radius 1 is 0.867 bits per heavy atom. The van der Waals surface area contributed by atoms with Gasteiger partial charge in [-0.2, -0.15) is 0 Å². The van der Waals surface area contributed by atoms with E-state index in [0.717, 1.165) is 11.3 Å². The second kappa shape index (κ2) is 10.1. The first-order valence-corrected chi connectivity index (χ1v) is 10.1. The standard InChI is InChI=1S/C21H34N6O3/c1-16(20(2,3)4)10-26-11-17(22-24-26)14-29-8-9-30-15-18-12-27(25-23-18)13-19(28)21(5,6)7/h11-12H,1,8-10,13-15H2,2-7H3. The van der Waals surface area contributed by atoms with Crippen molar-refractivity contribution in [1.82, 2.24) is 30.0 Å². The van der Waals surface area contributed by atoms with E-state index in [1.165, 1.54) is 0 Å². The molecule has 0 amide bonds. The van der Waals surface area contributed by atoms with Gasteiger partial charge in [0.1, 0.15) is 17.9 Å². The van der Waals surface area contributed by atoms with Crippen LogP contribution >= 0.6 is 0 Å². The number of hydrogen-bond acceptors (Lipinski definition) is 7. The Balaban J connectivity index is 1.63. The minimum Gasteiger partial charge on any atom is -0.373 e. The molecule has 2 heterocycles. The van der Waals surface area contributed by atoms with Crippen LogP contribution in [0.2, 0.25) is 0 Å². The predicted molar refractivity (Wildman–Crippen MR) is 112 cm³/mol. The zero-order valence-corrected chi connectivity index (χ0v) is 19.0. The quantitative estimate of drug-likeness (QED) is 0.409. The van der Waals surface area contributed by atoms with Crippen LogP contribution in [0.25, 0.3) is 0 Å². The van der Waals surface area contributed by atoms with E-state index in [2.05, 4.69) is 48.0 Å². The fraction of sp³-hybridized carbons (Fsp3) is 0.667. The van der Waals surface area contributed by atoms with Crippen LogP contribution in [-0.2, 0) is 40.6 Å². The molecule has 0 bridgehead atoms. The number of carbonyl (C=O) groups excluding carboxylic acids is 1. The minimum absolute atomic E-state index is 0.0351. The van der Waals surface area contributed by atoms with Crippen molar-refractivity contribution in [3.63, 3.8) is 0 Å². The van der Waals surface area contributed by atoms with E-state index in [-0.39, 0.29) is 17.7 Å². The molecule has 0 aliphatic rings. The van der Waals surface area contributed by atoms with Crippen molar-refractivity contribution in [3.8, 4) is 0 Å². The lowest BCUT2D eigenvalue weighted by molar-refractivity contribution is -0.127. The smallest absolute Gasteiger partial charge is 0.159 e. The molecule has 0 atom stereocenters. The van der Waals surface area contributed by atoms with Gasteiger partial charge in [-0.15, -0.1) is 10.2 Å². The fourth-order valence-electron chi connectivity index (χ4n) is 2.25. The van der Waals surface area contributed by atoms with Gasteiger partial charge in [0.2, 0.25) is 0 Å². The highest BCUT2D eigenvalue weighted by Crippen LogP contribution is 2.24. The lowest BCUT2D eigenvalue weighted by Gasteiger charge is -2.21. The Labute approximate surface area is 178 Å². The molecule has 2 aromatic heterocycles. The second-order valence-corrected chi connectivity index (χ2v) is 9.45. The molecule has 166 valence electrons. The molecule has 9 heteroatoms. The summed E-state index contributed by atoms with van der Waals surface area (Å²) in [5.74, 6) is 0.105. The third kappa shape index (κ3) is 7.79. The molecule has 30 heavy (non-hydrogen) atoms. The van der Waals surface area contributed by atoms with Crippen LogP contribution in [0, 0.1) is 10.8 Å². The third-order valence-electron chi connectivity index (χ3n) is 4.60. The molecular weight excluding hydrogens is 384 g/mol. The highest BCUT2D eigenvalue weighted by atomic mass is 16.5. The highest BCUT2D eigenvalue weighted by Gasteiger charge is 2.21. The lowest BCUT2D eigenvalue weighted by atomic mass is 9.88. The third-order valence-corrected chi connectivity index (χ3v) is 4.60. The summed E-state index contributed by atoms with van der Waals surface area (Å²) in [6.45, 7) is 18.5. The summed E-state index contributed by atoms with van der Waals surface area (Å²) in [7, 11) is 0. The molecule has 0 fully saturated rings. The average Bonchev–Trinajstić information content (AvgIpc) is 3.25. The summed E-state index contributed by atoms with van der Waals surface area (Å²) < 4.78 is 14.5. The molecule has 0 N–H and O–H groups in total. The lowest BCUT2D eigenvalue weighted by Crippen LogP contribution is -2.25. The van der Waals surface area contributed by atoms with Crippen LogP contribution in [0.5, 0.6) is 0 Å². The Bertz CT molecular complexity index is 771. The number of nitrogens with zero attached hydrogens (tertiary/aromatic N) is 6. The maximum atomic E-state index is 12.0. The van der Waals surface area contributed by atoms with Crippen molar-refractivity contribution < 1.29 is 14.3 Å². The number of hydrogen-bond donors (Lipinski definition) is 0. The van der Waals surface area contributed by atoms with Gasteiger partial charge >= 0.3 is 0 Å². The number of aromatic nitrogens is 6. The van der Waals surface area contributed by atoms with Crippen molar-refractivity contribution in [3.05, 3.63) is 35.9 Å². The van der Waals surface area contributed by atoms with Gasteiger partial charge < -0.3 is 9.47 Å². The van der Waals surface area contributed by atoms with E-state index in [4.69, 9.17) is 9.47 Å². The van der Waals surface area contributed by atoms with Crippen molar-refractivity contribution in [2.24, 2.45) is 10.8 Å². The highest BCUT2D eigenvalue weighted by molar-refractivity contribution is 5.83. The second-order valence-electron chi connectivity index (χ2n) is 9.45. The molecule has 0 aliphatic carbocycles. The van der Waals surface area contributed by atoms with Gasteiger partial charge in [0.25, 0.3) is 0 Å². The molecule has 0 unspecified atom stereocenters. The maximum Gasteiger partial charge on any atom is 0.159 e. The number of rotatable bonds is 11. The van der Waals surface area contributed by atoms with Gasteiger partial charge in [-0.3, -0.25) is 4.79 Å². The number of ketones is 1. The summed E-state index contributed by atoms with van der Waals surface area (Å²) in [4.78, 5) is 12.0. The molecule has 2 aromatic rings. The molecule has 0 aromatic carbocycles. The number of Topliss-reactive ketones (excluding diaryl/α,β-unsaturated/α-hetero) is 1. The van der Waals surface area contributed by atoms with E-state index in [1.54, 1.807) is 15.6 Å². The van der Waals surface area contributed by atoms with Crippen molar-refractivity contribution in [2.75, 3.05) is 13.2 Å². The van der Waals surface area contributed by atoms with Crippen molar-refractivity contribution >= 4 is 5.78 Å². The summed E-state index contributed by atoms with van der Waals surface area (Å²) in [6, 6.07) is 0. The molecular formula is C21H34N6O3. The van der Waals surface area contributed by atoms with Gasteiger partial charge in [0, 0.05) is 5.41 Å².